The first-order chi connectivity index (χ1) is 18.9. The van der Waals surface area contributed by atoms with Crippen molar-refractivity contribution >= 4 is 38.8 Å². The molecule has 12 heteroatoms. The van der Waals surface area contributed by atoms with E-state index >= 15 is 0 Å². The van der Waals surface area contributed by atoms with Gasteiger partial charge in [0.05, 0.1) is 18.8 Å². The van der Waals surface area contributed by atoms with Gasteiger partial charge in [-0.1, -0.05) is 17.3 Å². The van der Waals surface area contributed by atoms with Crippen LogP contribution in [-0.2, 0) is 17.8 Å². The van der Waals surface area contributed by atoms with E-state index in [2.05, 4.69) is 25.8 Å². The lowest BCUT2D eigenvalue weighted by Gasteiger charge is -2.17. The van der Waals surface area contributed by atoms with Crippen LogP contribution in [0.4, 0.5) is 15.9 Å². The lowest BCUT2D eigenvalue weighted by molar-refractivity contribution is -0.124. The summed E-state index contributed by atoms with van der Waals surface area (Å²) in [4.78, 5) is 36.0. The van der Waals surface area contributed by atoms with Gasteiger partial charge >= 0.3 is 0 Å². The highest BCUT2D eigenvalue weighted by Gasteiger charge is 2.31. The van der Waals surface area contributed by atoms with Crippen molar-refractivity contribution in [2.24, 2.45) is 0 Å². The number of anilines is 2. The van der Waals surface area contributed by atoms with Gasteiger partial charge in [0, 0.05) is 39.2 Å². The summed E-state index contributed by atoms with van der Waals surface area (Å²) in [5.41, 5.74) is 6.32. The van der Waals surface area contributed by atoms with Crippen molar-refractivity contribution in [2.75, 3.05) is 11.1 Å². The van der Waals surface area contributed by atoms with Crippen molar-refractivity contribution in [3.05, 3.63) is 87.5 Å². The van der Waals surface area contributed by atoms with E-state index in [1.54, 1.807) is 43.5 Å². The fraction of sp³-hybridized carbons (Fsp3) is 0.222. The third-order valence-corrected chi connectivity index (χ3v) is 7.81. The highest BCUT2D eigenvalue weighted by Crippen LogP contribution is 2.29. The number of nitrogens with one attached hydrogen (secondary N) is 2. The molecule has 0 radical (unpaired) electrons. The van der Waals surface area contributed by atoms with E-state index in [0.717, 1.165) is 15.0 Å². The summed E-state index contributed by atoms with van der Waals surface area (Å²) in [6.45, 7) is 2.12. The lowest BCUT2D eigenvalue weighted by Crippen LogP contribution is -2.36. The van der Waals surface area contributed by atoms with Crippen LogP contribution in [-0.4, -0.2) is 25.6 Å². The molecule has 0 saturated carbocycles. The van der Waals surface area contributed by atoms with E-state index in [1.807, 2.05) is 6.07 Å². The average Bonchev–Trinajstić information content (AvgIpc) is 3.67. The highest BCUT2D eigenvalue weighted by atomic mass is 32.1. The Bertz CT molecular complexity index is 1760. The summed E-state index contributed by atoms with van der Waals surface area (Å²) in [7, 11) is 0. The van der Waals surface area contributed by atoms with Gasteiger partial charge in [-0.25, -0.2) is 14.4 Å². The van der Waals surface area contributed by atoms with Gasteiger partial charge in [0.25, 0.3) is 5.56 Å². The molecule has 0 fully saturated rings. The number of benzene rings is 1. The number of aryl methyl sites for hydroxylation is 1. The minimum Gasteiger partial charge on any atom is -0.384 e. The second kappa shape index (κ2) is 9.95. The predicted molar refractivity (Wildman–Crippen MR) is 146 cm³/mol. The Morgan fingerprint density at radius 1 is 1.26 bits per heavy atom. The van der Waals surface area contributed by atoms with Gasteiger partial charge in [0.15, 0.2) is 5.76 Å². The Hall–Kier alpha value is -4.58. The maximum absolute atomic E-state index is 14.1. The molecule has 2 atom stereocenters. The molecule has 0 saturated heterocycles. The largest absolute Gasteiger partial charge is 0.384 e. The molecule has 0 spiro atoms. The maximum Gasteiger partial charge on any atom is 0.277 e. The number of thiophene rings is 1. The van der Waals surface area contributed by atoms with Crippen LogP contribution in [0, 0.1) is 5.82 Å². The van der Waals surface area contributed by atoms with Gasteiger partial charge in [0.2, 0.25) is 5.91 Å². The Morgan fingerprint density at radius 2 is 2.10 bits per heavy atom. The van der Waals surface area contributed by atoms with Crippen LogP contribution in [0.15, 0.2) is 64.2 Å². The average molecular weight is 546 g/mol. The molecule has 1 aromatic carbocycles. The molecule has 5 aromatic rings. The fourth-order valence-electron chi connectivity index (χ4n) is 4.73. The molecule has 198 valence electrons. The molecule has 5 heterocycles. The molecule has 1 amide bonds. The second-order valence-corrected chi connectivity index (χ2v) is 10.5. The third kappa shape index (κ3) is 4.74. The number of nitrogen functional groups attached to an aromatic ring is 1. The summed E-state index contributed by atoms with van der Waals surface area (Å²) < 4.78 is 22.0. The van der Waals surface area contributed by atoms with E-state index in [-0.39, 0.29) is 17.2 Å². The highest BCUT2D eigenvalue weighted by molar-refractivity contribution is 7.19. The topological polar surface area (TPSA) is 141 Å². The molecule has 1 aliphatic heterocycles. The number of hydrogen-bond acceptors (Lipinski definition) is 9. The Balaban J connectivity index is 1.17. The van der Waals surface area contributed by atoms with Crippen molar-refractivity contribution in [3.63, 3.8) is 0 Å². The zero-order valence-corrected chi connectivity index (χ0v) is 21.7. The third-order valence-electron chi connectivity index (χ3n) is 6.71. The zero-order valence-electron chi connectivity index (χ0n) is 20.8. The molecule has 6 rings (SSSR count). The van der Waals surface area contributed by atoms with Crippen LogP contribution in [0.3, 0.4) is 0 Å². The van der Waals surface area contributed by atoms with Crippen LogP contribution < -0.4 is 21.9 Å². The van der Waals surface area contributed by atoms with E-state index in [0.29, 0.717) is 48.0 Å². The first-order valence-corrected chi connectivity index (χ1v) is 13.2. The number of nitrogens with two attached hydrogens (primary N) is 1. The van der Waals surface area contributed by atoms with Gasteiger partial charge in [-0.05, 0) is 37.6 Å². The monoisotopic (exact) mass is 545 g/mol. The van der Waals surface area contributed by atoms with Gasteiger partial charge in [-0.3, -0.25) is 14.2 Å². The quantitative estimate of drug-likeness (QED) is 0.276. The maximum atomic E-state index is 14.1. The van der Waals surface area contributed by atoms with Gasteiger partial charge < -0.3 is 20.9 Å². The summed E-state index contributed by atoms with van der Waals surface area (Å²) in [6, 6.07) is 10.6. The Labute approximate surface area is 225 Å². The standard InChI is InChI=1S/C27H24FN7O3S/c1-14(22-9-19(34-38-22)17-4-2-3-5-18(17)28)33-20-13-31-25-7-6-21(35(25)27(20)37)26(36)32-12-16-8-15-11-30-24(29)10-23(15)39-16/h2-5,8-11,13-14,21,33H,6-7,12H2,1H3,(H2,29,30)(H,32,36). The van der Waals surface area contributed by atoms with Crippen LogP contribution in [0.25, 0.3) is 21.3 Å². The summed E-state index contributed by atoms with van der Waals surface area (Å²) in [5, 5.41) is 11.0. The molecule has 2 unspecified atom stereocenters. The molecule has 0 aliphatic carbocycles. The van der Waals surface area contributed by atoms with Crippen LogP contribution in [0.1, 0.15) is 41.9 Å². The Kier molecular flexibility index (Phi) is 6.31. The Morgan fingerprint density at radius 3 is 2.95 bits per heavy atom. The molecular weight excluding hydrogens is 521 g/mol. The minimum absolute atomic E-state index is 0.226. The molecule has 39 heavy (non-hydrogen) atoms. The summed E-state index contributed by atoms with van der Waals surface area (Å²) in [6.07, 6.45) is 4.18. The van der Waals surface area contributed by atoms with Crippen molar-refractivity contribution in [3.8, 4) is 11.3 Å². The normalized spacial score (nSPS) is 15.3. The number of carbonyl (C=O) groups excluding carboxylic acids is 1. The lowest BCUT2D eigenvalue weighted by atomic mass is 10.1. The first-order valence-electron chi connectivity index (χ1n) is 12.4. The second-order valence-electron chi connectivity index (χ2n) is 9.36. The van der Waals surface area contributed by atoms with Crippen molar-refractivity contribution in [1.82, 2.24) is 25.0 Å². The molecule has 10 nitrogen and oxygen atoms in total. The number of fused-ring (bicyclic) bond motifs is 2. The number of nitrogens with zero attached hydrogens (tertiary/aromatic N) is 4. The van der Waals surface area contributed by atoms with Crippen LogP contribution in [0.5, 0.6) is 0 Å². The SMILES string of the molecule is CC(Nc1cnc2n(c1=O)C(C(=O)NCc1cc3cnc(N)cc3s1)CC2)c1cc(-c2ccccc2F)no1. The number of amides is 1. The zero-order chi connectivity index (χ0) is 27.1. The number of hydrogen-bond donors (Lipinski definition) is 3. The molecule has 4 N–H and O–H groups in total. The van der Waals surface area contributed by atoms with Gasteiger partial charge in [-0.2, -0.15) is 0 Å². The summed E-state index contributed by atoms with van der Waals surface area (Å²) >= 11 is 1.53. The number of halogens is 1. The number of aromatic nitrogens is 4. The molecular formula is C27H24FN7O3S. The van der Waals surface area contributed by atoms with Crippen LogP contribution >= 0.6 is 11.3 Å². The first kappa shape index (κ1) is 24.7. The van der Waals surface area contributed by atoms with E-state index in [1.165, 1.54) is 28.2 Å². The molecule has 1 aliphatic rings. The van der Waals surface area contributed by atoms with E-state index < -0.39 is 17.9 Å². The minimum atomic E-state index is -0.665. The number of pyridine rings is 1. The van der Waals surface area contributed by atoms with Gasteiger partial charge in [0.1, 0.15) is 34.9 Å². The number of carbonyl (C=O) groups is 1. The molecule has 0 bridgehead atoms. The van der Waals surface area contributed by atoms with Crippen molar-refractivity contribution in [1.29, 1.82) is 0 Å². The predicted octanol–water partition coefficient (Wildman–Crippen LogP) is 4.21. The summed E-state index contributed by atoms with van der Waals surface area (Å²) in [5.74, 6) is 0.776. The van der Waals surface area contributed by atoms with E-state index in [9.17, 15) is 14.0 Å². The van der Waals surface area contributed by atoms with Crippen LogP contribution in [0.2, 0.25) is 0 Å². The van der Waals surface area contributed by atoms with Gasteiger partial charge in [-0.15, -0.1) is 11.3 Å². The van der Waals surface area contributed by atoms with E-state index in [4.69, 9.17) is 10.3 Å². The van der Waals surface area contributed by atoms with Crippen molar-refractivity contribution in [2.45, 2.75) is 38.4 Å². The fourth-order valence-corrected chi connectivity index (χ4v) is 5.75. The molecule has 4 aromatic heterocycles. The smallest absolute Gasteiger partial charge is 0.277 e. The number of rotatable bonds is 7. The van der Waals surface area contributed by atoms with Crippen molar-refractivity contribution < 1.29 is 13.7 Å².